The number of unbranched alkanes of at least 4 members (excludes halogenated alkanes) is 19. The van der Waals surface area contributed by atoms with Crippen molar-refractivity contribution in [3.63, 3.8) is 0 Å². The number of carbonyl (C=O) groups excluding carboxylic acids is 2. The van der Waals surface area contributed by atoms with Crippen LogP contribution in [0.2, 0.25) is 0 Å². The summed E-state index contributed by atoms with van der Waals surface area (Å²) in [6.07, 6.45) is 52.5. The summed E-state index contributed by atoms with van der Waals surface area (Å²) >= 11 is 0. The minimum atomic E-state index is -4.39. The van der Waals surface area contributed by atoms with Gasteiger partial charge in [0.15, 0.2) is 6.10 Å². The minimum absolute atomic E-state index is 0.0187. The Bertz CT molecular complexity index is 1250. The first kappa shape index (κ1) is 57.4. The Morgan fingerprint density at radius 3 is 1.57 bits per heavy atom. The zero-order valence-corrected chi connectivity index (χ0v) is 39.8. The van der Waals surface area contributed by atoms with E-state index in [1.807, 2.05) is 57.6 Å². The average molecular weight is 863 g/mol. The van der Waals surface area contributed by atoms with E-state index in [1.54, 1.807) is 0 Å². The Kier molecular flexibility index (Phi) is 40.0. The number of phosphoric ester groups is 1. The highest BCUT2D eigenvalue weighted by Gasteiger charge is 2.27. The number of ether oxygens (including phenoxy) is 2. The smallest absolute Gasteiger partial charge is 0.462 e. The maximum atomic E-state index is 12.7. The molecule has 2 atom stereocenters. The fourth-order valence-electron chi connectivity index (χ4n) is 6.11. The van der Waals surface area contributed by atoms with Gasteiger partial charge in [-0.2, -0.15) is 0 Å². The van der Waals surface area contributed by atoms with Crippen LogP contribution in [0.15, 0.2) is 72.9 Å². The van der Waals surface area contributed by atoms with Gasteiger partial charge < -0.3 is 18.9 Å². The molecule has 0 aromatic rings. The van der Waals surface area contributed by atoms with E-state index in [0.29, 0.717) is 17.4 Å². The summed E-state index contributed by atoms with van der Waals surface area (Å²) in [7, 11) is 1.43. The fraction of sp³-hybridized carbons (Fsp3) is 0.720. The Labute approximate surface area is 368 Å². The summed E-state index contributed by atoms with van der Waals surface area (Å²) in [4.78, 5) is 35.4. The van der Waals surface area contributed by atoms with E-state index in [0.717, 1.165) is 64.2 Å². The normalized spacial score (nSPS) is 14.2. The van der Waals surface area contributed by atoms with Gasteiger partial charge in [-0.15, -0.1) is 0 Å². The molecule has 0 bridgehead atoms. The molecule has 60 heavy (non-hydrogen) atoms. The summed E-state index contributed by atoms with van der Waals surface area (Å²) < 4.78 is 34.3. The molecule has 0 fully saturated rings. The molecule has 346 valence electrons. The Hall–Kier alpha value is -2.55. The minimum Gasteiger partial charge on any atom is -0.462 e. The number of allylic oxidation sites excluding steroid dienone is 12. The topological polar surface area (TPSA) is 108 Å². The van der Waals surface area contributed by atoms with Crippen LogP contribution in [-0.4, -0.2) is 74.9 Å². The summed E-state index contributed by atoms with van der Waals surface area (Å²) in [5.74, 6) is -0.858. The average Bonchev–Trinajstić information content (AvgIpc) is 3.20. The number of esters is 2. The number of nitrogens with zero attached hydrogens (tertiary/aromatic N) is 1. The van der Waals surface area contributed by atoms with E-state index in [1.165, 1.54) is 83.5 Å². The lowest BCUT2D eigenvalue weighted by Gasteiger charge is -2.24. The Balaban J connectivity index is 4.30. The van der Waals surface area contributed by atoms with Crippen molar-refractivity contribution < 1.29 is 42.1 Å². The molecule has 1 N–H and O–H groups in total. The van der Waals surface area contributed by atoms with Gasteiger partial charge in [-0.25, -0.2) is 4.57 Å². The first-order valence-corrected chi connectivity index (χ1v) is 25.2. The molecule has 0 aromatic carbocycles. The molecule has 0 aliphatic rings. The van der Waals surface area contributed by atoms with Gasteiger partial charge >= 0.3 is 19.8 Å². The maximum Gasteiger partial charge on any atom is 0.472 e. The predicted molar refractivity (Wildman–Crippen MR) is 252 cm³/mol. The lowest BCUT2D eigenvalue weighted by Crippen LogP contribution is -2.37. The van der Waals surface area contributed by atoms with Gasteiger partial charge in [0, 0.05) is 12.8 Å². The third-order valence-electron chi connectivity index (χ3n) is 9.82. The van der Waals surface area contributed by atoms with Crippen molar-refractivity contribution in [3.8, 4) is 0 Å². The third kappa shape index (κ3) is 45.0. The van der Waals surface area contributed by atoms with Gasteiger partial charge in [0.05, 0.1) is 27.7 Å². The van der Waals surface area contributed by atoms with Crippen molar-refractivity contribution in [1.82, 2.24) is 0 Å². The van der Waals surface area contributed by atoms with Crippen molar-refractivity contribution in [2.45, 2.75) is 187 Å². The molecule has 0 rings (SSSR count). The van der Waals surface area contributed by atoms with Gasteiger partial charge in [0.1, 0.15) is 19.8 Å². The first-order chi connectivity index (χ1) is 29.0. The van der Waals surface area contributed by atoms with Gasteiger partial charge in [-0.05, 0) is 64.2 Å². The number of hydrogen-bond acceptors (Lipinski definition) is 7. The molecule has 0 heterocycles. The quantitative estimate of drug-likeness (QED) is 0.0161. The fourth-order valence-corrected chi connectivity index (χ4v) is 6.85. The zero-order chi connectivity index (χ0) is 44.3. The number of likely N-dealkylation sites (N-methyl/N-ethyl adjacent to an activating group) is 1. The van der Waals surface area contributed by atoms with Crippen LogP contribution < -0.4 is 0 Å². The summed E-state index contributed by atoms with van der Waals surface area (Å²) in [5.41, 5.74) is 0. The van der Waals surface area contributed by atoms with Crippen LogP contribution in [-0.2, 0) is 32.7 Å². The highest BCUT2D eigenvalue weighted by atomic mass is 31.2. The monoisotopic (exact) mass is 863 g/mol. The second-order valence-corrected chi connectivity index (χ2v) is 18.3. The molecule has 0 radical (unpaired) electrons. The highest BCUT2D eigenvalue weighted by Crippen LogP contribution is 2.43. The van der Waals surface area contributed by atoms with Crippen molar-refractivity contribution in [2.24, 2.45) is 0 Å². The number of phosphoric acid groups is 1. The second kappa shape index (κ2) is 41.8. The molecule has 0 aliphatic heterocycles. The van der Waals surface area contributed by atoms with Crippen LogP contribution in [0.3, 0.4) is 0 Å². The van der Waals surface area contributed by atoms with Crippen LogP contribution in [0, 0.1) is 0 Å². The number of carbonyl (C=O) groups is 2. The van der Waals surface area contributed by atoms with Crippen LogP contribution in [0.1, 0.15) is 181 Å². The van der Waals surface area contributed by atoms with Crippen LogP contribution >= 0.6 is 7.82 Å². The molecule has 2 unspecified atom stereocenters. The van der Waals surface area contributed by atoms with E-state index >= 15 is 0 Å². The first-order valence-electron chi connectivity index (χ1n) is 23.7. The predicted octanol–water partition coefficient (Wildman–Crippen LogP) is 13.8. The van der Waals surface area contributed by atoms with Crippen LogP contribution in [0.5, 0.6) is 0 Å². The molecule has 0 spiro atoms. The maximum absolute atomic E-state index is 12.7. The van der Waals surface area contributed by atoms with Crippen LogP contribution in [0.4, 0.5) is 0 Å². The number of hydrogen-bond donors (Lipinski definition) is 1. The van der Waals surface area contributed by atoms with Crippen molar-refractivity contribution in [2.75, 3.05) is 47.5 Å². The summed E-state index contributed by atoms with van der Waals surface area (Å²) in [6, 6.07) is 0. The SMILES string of the molecule is CC/C=C/C=C/C=C/C=C/CCCCCC(=O)OC(COC(=O)CCCCCCCCC/C=C/C/C=C/CCCCCCCCCCC)COP(=O)(O)OCC[N+](C)(C)C. The van der Waals surface area contributed by atoms with Crippen molar-refractivity contribution in [3.05, 3.63) is 72.9 Å². The van der Waals surface area contributed by atoms with Gasteiger partial charge in [0.2, 0.25) is 0 Å². The molecule has 0 saturated heterocycles. The molecule has 0 saturated carbocycles. The molecule has 0 amide bonds. The van der Waals surface area contributed by atoms with Gasteiger partial charge in [-0.1, -0.05) is 177 Å². The largest absolute Gasteiger partial charge is 0.472 e. The van der Waals surface area contributed by atoms with Crippen molar-refractivity contribution >= 4 is 19.8 Å². The standard InChI is InChI=1S/C50H88NO8P/c1-6-8-10-12-14-16-18-20-21-22-23-24-25-26-27-28-29-31-32-34-36-38-40-42-49(52)56-46-48(47-58-60(54,55)57-45-44-51(3,4)5)59-50(53)43-41-39-37-35-33-30-19-17-15-13-11-9-7-2/h9,11,13,15,17,19,23-24,26-27,30,33,48H,6-8,10,12,14,16,18,20-22,25,28-29,31-32,34-47H2,1-5H3/p+1/b11-9+,15-13+,19-17+,24-23+,27-26+,33-30+. The van der Waals surface area contributed by atoms with E-state index in [2.05, 4.69) is 50.3 Å². The van der Waals surface area contributed by atoms with E-state index in [4.69, 9.17) is 18.5 Å². The van der Waals surface area contributed by atoms with Crippen LogP contribution in [0.25, 0.3) is 0 Å². The van der Waals surface area contributed by atoms with E-state index < -0.39 is 26.5 Å². The summed E-state index contributed by atoms with van der Waals surface area (Å²) in [6.45, 7) is 4.21. The highest BCUT2D eigenvalue weighted by molar-refractivity contribution is 7.47. The van der Waals surface area contributed by atoms with Gasteiger partial charge in [0.25, 0.3) is 0 Å². The number of quaternary nitrogens is 1. The lowest BCUT2D eigenvalue weighted by atomic mass is 10.1. The second-order valence-electron chi connectivity index (χ2n) is 16.8. The Morgan fingerprint density at radius 2 is 1.02 bits per heavy atom. The molecule has 0 aliphatic carbocycles. The summed E-state index contributed by atoms with van der Waals surface area (Å²) in [5, 5.41) is 0. The molecule has 9 nitrogen and oxygen atoms in total. The molecule has 10 heteroatoms. The Morgan fingerprint density at radius 1 is 0.550 bits per heavy atom. The molecule has 0 aromatic heterocycles. The number of rotatable bonds is 42. The molecular formula is C50H89NO8P+. The zero-order valence-electron chi connectivity index (χ0n) is 38.9. The van der Waals surface area contributed by atoms with Gasteiger partial charge in [-0.3, -0.25) is 18.6 Å². The van der Waals surface area contributed by atoms with E-state index in [-0.39, 0.29) is 32.0 Å². The lowest BCUT2D eigenvalue weighted by molar-refractivity contribution is -0.870. The van der Waals surface area contributed by atoms with E-state index in [9.17, 15) is 19.0 Å². The van der Waals surface area contributed by atoms with Crippen molar-refractivity contribution in [1.29, 1.82) is 0 Å². The molecular weight excluding hydrogens is 774 g/mol. The third-order valence-corrected chi connectivity index (χ3v) is 10.8.